The number of aliphatic hydroxyl groups is 1. The molecule has 3 aromatic carbocycles. The molecule has 1 aliphatic carbocycles. The van der Waals surface area contributed by atoms with Gasteiger partial charge in [-0.15, -0.1) is 0 Å². The van der Waals surface area contributed by atoms with Gasteiger partial charge < -0.3 is 5.11 Å². The maximum Gasteiger partial charge on any atom is 0.142 e. The van der Waals surface area contributed by atoms with Crippen molar-refractivity contribution in [2.45, 2.75) is 6.10 Å². The molecule has 1 atom stereocenters. The molecule has 1 aliphatic rings. The summed E-state index contributed by atoms with van der Waals surface area (Å²) in [5, 5.41) is 12.4. The molecular formula is C26H16Cl2FNO. The lowest BCUT2D eigenvalue weighted by Crippen LogP contribution is -2.02. The first-order valence-electron chi connectivity index (χ1n) is 9.71. The second kappa shape index (κ2) is 7.93. The van der Waals surface area contributed by atoms with Gasteiger partial charge in [-0.2, -0.15) is 0 Å². The number of fused-ring (bicyclic) bond motifs is 3. The van der Waals surface area contributed by atoms with E-state index >= 15 is 0 Å². The Kier molecular flexibility index (Phi) is 5.11. The molecule has 152 valence electrons. The van der Waals surface area contributed by atoms with Crippen LogP contribution in [0.3, 0.4) is 0 Å². The van der Waals surface area contributed by atoms with E-state index in [4.69, 9.17) is 23.2 Å². The normalized spacial score (nSPS) is 15.2. The van der Waals surface area contributed by atoms with Crippen molar-refractivity contribution < 1.29 is 9.50 Å². The molecule has 0 saturated heterocycles. The summed E-state index contributed by atoms with van der Waals surface area (Å²) >= 11 is 12.0. The highest BCUT2D eigenvalue weighted by Gasteiger charge is 2.19. The van der Waals surface area contributed by atoms with E-state index in [0.29, 0.717) is 15.9 Å². The molecule has 2 nitrogen and oxygen atoms in total. The number of rotatable bonds is 2. The predicted molar refractivity (Wildman–Crippen MR) is 127 cm³/mol. The first-order valence-corrected chi connectivity index (χ1v) is 10.5. The molecule has 5 rings (SSSR count). The molecule has 31 heavy (non-hydrogen) atoms. The molecule has 1 N–H and O–H groups in total. The van der Waals surface area contributed by atoms with E-state index in [1.165, 1.54) is 12.1 Å². The van der Waals surface area contributed by atoms with E-state index in [2.05, 4.69) is 4.98 Å². The molecule has 4 aromatic rings. The standard InChI is InChI=1S/C26H16Cl2FNO/c27-19-7-10-21-17(12-19)5-4-16-3-1-15(11-22(16)26(21)31)2-8-20-9-6-18-13-24(29)23(28)14-25(18)30-20/h1-14,26,31H. The summed E-state index contributed by atoms with van der Waals surface area (Å²) in [6, 6.07) is 18.0. The van der Waals surface area contributed by atoms with Crippen LogP contribution in [0.25, 0.3) is 35.2 Å². The Bertz CT molecular complexity index is 1390. The summed E-state index contributed by atoms with van der Waals surface area (Å²) in [5.41, 5.74) is 5.80. The molecule has 0 aliphatic heterocycles. The van der Waals surface area contributed by atoms with E-state index in [-0.39, 0.29) is 5.02 Å². The fourth-order valence-electron chi connectivity index (χ4n) is 3.78. The van der Waals surface area contributed by atoms with Gasteiger partial charge in [-0.3, -0.25) is 0 Å². The Morgan fingerprint density at radius 2 is 1.68 bits per heavy atom. The van der Waals surface area contributed by atoms with Crippen molar-refractivity contribution in [2.24, 2.45) is 0 Å². The number of hydrogen-bond donors (Lipinski definition) is 1. The monoisotopic (exact) mass is 447 g/mol. The summed E-state index contributed by atoms with van der Waals surface area (Å²) in [5.74, 6) is -0.458. The van der Waals surface area contributed by atoms with Crippen molar-refractivity contribution >= 4 is 58.4 Å². The molecule has 0 saturated carbocycles. The highest BCUT2D eigenvalue weighted by Crippen LogP contribution is 2.34. The zero-order valence-corrected chi connectivity index (χ0v) is 17.7. The predicted octanol–water partition coefficient (Wildman–Crippen LogP) is 7.42. The Hall–Kier alpha value is -2.98. The van der Waals surface area contributed by atoms with Gasteiger partial charge in [0.2, 0.25) is 0 Å². The fourth-order valence-corrected chi connectivity index (χ4v) is 4.12. The highest BCUT2D eigenvalue weighted by atomic mass is 35.5. The Morgan fingerprint density at radius 1 is 0.839 bits per heavy atom. The number of nitrogens with zero attached hydrogens (tertiary/aromatic N) is 1. The fraction of sp³-hybridized carbons (Fsp3) is 0.0385. The van der Waals surface area contributed by atoms with Crippen molar-refractivity contribution in [1.29, 1.82) is 0 Å². The van der Waals surface area contributed by atoms with Gasteiger partial charge in [0, 0.05) is 10.4 Å². The van der Waals surface area contributed by atoms with Crippen molar-refractivity contribution in [2.75, 3.05) is 0 Å². The van der Waals surface area contributed by atoms with Gasteiger partial charge in [-0.05, 0) is 70.3 Å². The van der Waals surface area contributed by atoms with E-state index in [0.717, 1.165) is 33.5 Å². The maximum atomic E-state index is 13.6. The number of aliphatic hydroxyl groups excluding tert-OH is 1. The maximum absolute atomic E-state index is 13.6. The second-order valence-corrected chi connectivity index (χ2v) is 8.27. The zero-order chi connectivity index (χ0) is 21.5. The minimum absolute atomic E-state index is 0.0514. The third-order valence-corrected chi connectivity index (χ3v) is 5.92. The topological polar surface area (TPSA) is 33.1 Å². The number of pyridine rings is 1. The summed E-state index contributed by atoms with van der Waals surface area (Å²) in [6.45, 7) is 0. The smallest absolute Gasteiger partial charge is 0.142 e. The van der Waals surface area contributed by atoms with Gasteiger partial charge in [0.25, 0.3) is 0 Å². The second-order valence-electron chi connectivity index (χ2n) is 7.43. The number of halogens is 3. The Labute approximate surface area is 188 Å². The van der Waals surface area contributed by atoms with Crippen molar-refractivity contribution in [3.63, 3.8) is 0 Å². The lowest BCUT2D eigenvalue weighted by Gasteiger charge is -2.15. The minimum atomic E-state index is -0.749. The molecule has 1 unspecified atom stereocenters. The van der Waals surface area contributed by atoms with Crippen LogP contribution in [0.1, 0.15) is 39.6 Å². The largest absolute Gasteiger partial charge is 0.384 e. The summed E-state index contributed by atoms with van der Waals surface area (Å²) in [7, 11) is 0. The van der Waals surface area contributed by atoms with Crippen LogP contribution in [0.4, 0.5) is 4.39 Å². The van der Waals surface area contributed by atoms with Gasteiger partial charge in [0.1, 0.15) is 11.9 Å². The van der Waals surface area contributed by atoms with E-state index in [1.807, 2.05) is 66.8 Å². The highest BCUT2D eigenvalue weighted by molar-refractivity contribution is 6.31. The number of benzene rings is 3. The molecule has 0 spiro atoms. The molecule has 1 heterocycles. The third kappa shape index (κ3) is 3.88. The van der Waals surface area contributed by atoms with E-state index in [9.17, 15) is 9.50 Å². The molecule has 5 heteroatoms. The molecule has 0 radical (unpaired) electrons. The van der Waals surface area contributed by atoms with Gasteiger partial charge in [-0.1, -0.05) is 65.7 Å². The lowest BCUT2D eigenvalue weighted by atomic mass is 9.95. The lowest BCUT2D eigenvalue weighted by molar-refractivity contribution is 0.220. The van der Waals surface area contributed by atoms with E-state index in [1.54, 1.807) is 6.07 Å². The first kappa shape index (κ1) is 20.0. The molecule has 0 fully saturated rings. The zero-order valence-electron chi connectivity index (χ0n) is 16.2. The van der Waals surface area contributed by atoms with Crippen LogP contribution in [-0.2, 0) is 0 Å². The van der Waals surface area contributed by atoms with Crippen LogP contribution in [0.2, 0.25) is 10.0 Å². The molecular weight excluding hydrogens is 432 g/mol. The van der Waals surface area contributed by atoms with Crippen molar-refractivity contribution in [1.82, 2.24) is 4.98 Å². The van der Waals surface area contributed by atoms with Crippen molar-refractivity contribution in [3.05, 3.63) is 110 Å². The van der Waals surface area contributed by atoms with Crippen LogP contribution in [0, 0.1) is 5.82 Å². The average Bonchev–Trinajstić information content (AvgIpc) is 2.89. The van der Waals surface area contributed by atoms with Crippen LogP contribution >= 0.6 is 23.2 Å². The van der Waals surface area contributed by atoms with Gasteiger partial charge in [-0.25, -0.2) is 9.37 Å². The summed E-state index contributed by atoms with van der Waals surface area (Å²) in [6.07, 6.45) is 7.02. The van der Waals surface area contributed by atoms with Gasteiger partial charge in [0.15, 0.2) is 0 Å². The van der Waals surface area contributed by atoms with Crippen molar-refractivity contribution in [3.8, 4) is 0 Å². The Balaban J connectivity index is 1.48. The van der Waals surface area contributed by atoms with Gasteiger partial charge >= 0.3 is 0 Å². The third-order valence-electron chi connectivity index (χ3n) is 5.39. The SMILES string of the molecule is OC1c2ccc(Cl)cc2C=Cc2ccc(C=Cc3ccc4cc(F)c(Cl)cc4n3)cc21. The van der Waals surface area contributed by atoms with Crippen LogP contribution in [0.15, 0.2) is 60.7 Å². The average molecular weight is 448 g/mol. The minimum Gasteiger partial charge on any atom is -0.384 e. The summed E-state index contributed by atoms with van der Waals surface area (Å²) in [4.78, 5) is 4.54. The van der Waals surface area contributed by atoms with Crippen LogP contribution in [0.5, 0.6) is 0 Å². The number of aromatic nitrogens is 1. The Morgan fingerprint density at radius 3 is 2.55 bits per heavy atom. The van der Waals surface area contributed by atoms with E-state index < -0.39 is 11.9 Å². The van der Waals surface area contributed by atoms with Crippen LogP contribution in [-0.4, -0.2) is 10.1 Å². The molecule has 0 amide bonds. The molecule has 0 bridgehead atoms. The van der Waals surface area contributed by atoms with Gasteiger partial charge in [0.05, 0.1) is 16.2 Å². The molecule has 1 aromatic heterocycles. The quantitative estimate of drug-likeness (QED) is 0.346. The number of hydrogen-bond acceptors (Lipinski definition) is 2. The summed E-state index contributed by atoms with van der Waals surface area (Å²) < 4.78 is 13.6. The first-order chi connectivity index (χ1) is 15.0. The van der Waals surface area contributed by atoms with Crippen LogP contribution < -0.4 is 0 Å².